The first-order valence-electron chi connectivity index (χ1n) is 6.64. The highest BCUT2D eigenvalue weighted by Crippen LogP contribution is 2.32. The van der Waals surface area contributed by atoms with Gasteiger partial charge in [-0.05, 0) is 28.8 Å². The van der Waals surface area contributed by atoms with Crippen molar-refractivity contribution >= 4 is 25.8 Å². The van der Waals surface area contributed by atoms with Gasteiger partial charge in [0.1, 0.15) is 0 Å². The van der Waals surface area contributed by atoms with Crippen molar-refractivity contribution in [1.29, 1.82) is 0 Å². The molecular formula is C12H20BrN3O3S. The van der Waals surface area contributed by atoms with Gasteiger partial charge in [-0.25, -0.2) is 8.42 Å². The van der Waals surface area contributed by atoms with Crippen molar-refractivity contribution in [2.75, 3.05) is 19.5 Å². The lowest BCUT2D eigenvalue weighted by Crippen LogP contribution is -2.39. The van der Waals surface area contributed by atoms with Gasteiger partial charge in [-0.3, -0.25) is 4.68 Å². The fourth-order valence-corrected chi connectivity index (χ4v) is 5.19. The van der Waals surface area contributed by atoms with Crippen LogP contribution in [-0.2, 0) is 21.1 Å². The molecule has 114 valence electrons. The number of nitrogens with two attached hydrogens (primary N) is 1. The molecule has 1 aliphatic rings. The summed E-state index contributed by atoms with van der Waals surface area (Å²) < 4.78 is 31.9. The molecule has 1 saturated heterocycles. The van der Waals surface area contributed by atoms with Crippen molar-refractivity contribution in [2.45, 2.75) is 37.1 Å². The summed E-state index contributed by atoms with van der Waals surface area (Å²) in [5.41, 5.74) is 6.99. The van der Waals surface area contributed by atoms with E-state index in [-0.39, 0.29) is 5.75 Å². The predicted molar refractivity (Wildman–Crippen MR) is 80.2 cm³/mol. The van der Waals surface area contributed by atoms with Crippen LogP contribution in [0.5, 0.6) is 0 Å². The molecule has 2 unspecified atom stereocenters. The van der Waals surface area contributed by atoms with E-state index in [1.807, 2.05) is 0 Å². The zero-order chi connectivity index (χ0) is 14.8. The Morgan fingerprint density at radius 2 is 2.35 bits per heavy atom. The third-order valence-electron chi connectivity index (χ3n) is 3.69. The van der Waals surface area contributed by atoms with E-state index in [2.05, 4.69) is 21.0 Å². The Hall–Kier alpha value is -0.440. The first kappa shape index (κ1) is 15.9. The summed E-state index contributed by atoms with van der Waals surface area (Å²) in [6, 6.07) is -0.561. The van der Waals surface area contributed by atoms with Crippen molar-refractivity contribution in [3.63, 3.8) is 0 Å². The van der Waals surface area contributed by atoms with Gasteiger partial charge >= 0.3 is 0 Å². The van der Waals surface area contributed by atoms with E-state index >= 15 is 0 Å². The summed E-state index contributed by atoms with van der Waals surface area (Å²) in [7, 11) is -1.51. The minimum Gasteiger partial charge on any atom is -0.383 e. The molecule has 2 rings (SSSR count). The summed E-state index contributed by atoms with van der Waals surface area (Å²) in [4.78, 5) is 0. The molecule has 1 aromatic heterocycles. The largest absolute Gasteiger partial charge is 0.383 e. The average Bonchev–Trinajstić information content (AvgIpc) is 2.76. The van der Waals surface area contributed by atoms with E-state index in [9.17, 15) is 8.42 Å². The Morgan fingerprint density at radius 1 is 1.60 bits per heavy atom. The van der Waals surface area contributed by atoms with Gasteiger partial charge in [0, 0.05) is 7.11 Å². The summed E-state index contributed by atoms with van der Waals surface area (Å²) in [6.07, 6.45) is 3.91. The Morgan fingerprint density at radius 3 is 3.00 bits per heavy atom. The lowest BCUT2D eigenvalue weighted by atomic mass is 10.1. The zero-order valence-corrected chi connectivity index (χ0v) is 13.9. The van der Waals surface area contributed by atoms with Crippen LogP contribution in [0.2, 0.25) is 0 Å². The summed E-state index contributed by atoms with van der Waals surface area (Å²) in [5, 5.41) is 3.71. The van der Waals surface area contributed by atoms with Crippen molar-refractivity contribution in [3.05, 3.63) is 16.4 Å². The topological polar surface area (TPSA) is 87.2 Å². The van der Waals surface area contributed by atoms with E-state index in [4.69, 9.17) is 10.5 Å². The van der Waals surface area contributed by atoms with Crippen LogP contribution >= 0.6 is 15.9 Å². The molecule has 0 aliphatic carbocycles. The Kier molecular flexibility index (Phi) is 5.22. The second-order valence-corrected chi connectivity index (χ2v) is 8.21. The summed E-state index contributed by atoms with van der Waals surface area (Å²) in [6.45, 7) is 1.06. The number of hydrogen-bond acceptors (Lipinski definition) is 5. The number of hydrogen-bond donors (Lipinski definition) is 1. The number of rotatable bonds is 5. The quantitative estimate of drug-likeness (QED) is 0.848. The number of methoxy groups -OCH3 is 1. The first-order valence-corrected chi connectivity index (χ1v) is 9.15. The fraction of sp³-hybridized carbons (Fsp3) is 0.750. The molecule has 1 aromatic rings. The molecule has 0 amide bonds. The zero-order valence-electron chi connectivity index (χ0n) is 11.5. The highest BCUT2D eigenvalue weighted by Gasteiger charge is 2.36. The summed E-state index contributed by atoms with van der Waals surface area (Å²) in [5.74, 6) is 0.231. The van der Waals surface area contributed by atoms with Gasteiger partial charge in [0.05, 0.1) is 46.6 Å². The third-order valence-corrected chi connectivity index (χ3v) is 6.61. The number of ether oxygens (including phenoxy) is 1. The van der Waals surface area contributed by atoms with Crippen LogP contribution < -0.4 is 5.73 Å². The van der Waals surface area contributed by atoms with E-state index in [0.29, 0.717) is 19.6 Å². The van der Waals surface area contributed by atoms with Crippen molar-refractivity contribution in [1.82, 2.24) is 9.78 Å². The van der Waals surface area contributed by atoms with E-state index < -0.39 is 21.1 Å². The maximum Gasteiger partial charge on any atom is 0.155 e. The average molecular weight is 366 g/mol. The van der Waals surface area contributed by atoms with E-state index in [1.54, 1.807) is 18.0 Å². The lowest BCUT2D eigenvalue weighted by molar-refractivity contribution is 0.182. The molecule has 6 nitrogen and oxygen atoms in total. The fourth-order valence-electron chi connectivity index (χ4n) is 2.62. The maximum atomic E-state index is 12.2. The molecule has 0 saturated carbocycles. The van der Waals surface area contributed by atoms with Crippen molar-refractivity contribution < 1.29 is 13.2 Å². The van der Waals surface area contributed by atoms with Gasteiger partial charge in [-0.1, -0.05) is 6.42 Å². The van der Waals surface area contributed by atoms with Gasteiger partial charge in [-0.2, -0.15) is 5.10 Å². The lowest BCUT2D eigenvalue weighted by Gasteiger charge is -2.28. The van der Waals surface area contributed by atoms with Crippen LogP contribution in [0.25, 0.3) is 0 Å². The van der Waals surface area contributed by atoms with Gasteiger partial charge in [0.15, 0.2) is 9.84 Å². The van der Waals surface area contributed by atoms with Crippen molar-refractivity contribution in [2.24, 2.45) is 5.73 Å². The van der Waals surface area contributed by atoms with Gasteiger partial charge in [0.2, 0.25) is 0 Å². The smallest absolute Gasteiger partial charge is 0.155 e. The highest BCUT2D eigenvalue weighted by molar-refractivity contribution is 9.10. The Bertz CT molecular complexity index is 558. The first-order chi connectivity index (χ1) is 9.47. The van der Waals surface area contributed by atoms with Crippen LogP contribution in [-0.4, -0.2) is 42.9 Å². The van der Waals surface area contributed by atoms with E-state index in [1.165, 1.54) is 0 Å². The molecule has 1 aliphatic heterocycles. The van der Waals surface area contributed by atoms with E-state index in [0.717, 1.165) is 23.0 Å². The molecule has 0 aromatic carbocycles. The monoisotopic (exact) mass is 365 g/mol. The molecule has 2 heterocycles. The number of nitrogens with zero attached hydrogens (tertiary/aromatic N) is 2. The van der Waals surface area contributed by atoms with Crippen LogP contribution in [0.3, 0.4) is 0 Å². The minimum atomic E-state index is -3.12. The molecule has 20 heavy (non-hydrogen) atoms. The second kappa shape index (κ2) is 6.55. The molecule has 0 spiro atoms. The second-order valence-electron chi connectivity index (χ2n) is 5.02. The van der Waals surface area contributed by atoms with Gasteiger partial charge < -0.3 is 10.5 Å². The van der Waals surface area contributed by atoms with Crippen LogP contribution in [0.15, 0.2) is 10.7 Å². The van der Waals surface area contributed by atoms with Crippen LogP contribution in [0.4, 0.5) is 0 Å². The maximum absolute atomic E-state index is 12.2. The van der Waals surface area contributed by atoms with Crippen LogP contribution in [0.1, 0.15) is 31.0 Å². The molecule has 2 atom stereocenters. The van der Waals surface area contributed by atoms with Gasteiger partial charge in [0.25, 0.3) is 0 Å². The van der Waals surface area contributed by atoms with Gasteiger partial charge in [-0.15, -0.1) is 0 Å². The molecule has 8 heteroatoms. The predicted octanol–water partition coefficient (Wildman–Crippen LogP) is 1.26. The SMILES string of the molecule is COCCn1ncc(Br)c1C(N)C1CCCCS1(=O)=O. The molecule has 0 bridgehead atoms. The highest BCUT2D eigenvalue weighted by atomic mass is 79.9. The minimum absolute atomic E-state index is 0.231. The van der Waals surface area contributed by atoms with Crippen molar-refractivity contribution in [3.8, 4) is 0 Å². The molecule has 2 N–H and O–H groups in total. The number of halogens is 1. The third kappa shape index (κ3) is 3.24. The standard InChI is InChI=1S/C12H20BrN3O3S/c1-19-6-5-16-12(9(13)8-15-16)11(14)10-4-2-3-7-20(10,17)18/h8,10-11H,2-7,14H2,1H3. The van der Waals surface area contributed by atoms with Crippen LogP contribution in [0, 0.1) is 0 Å². The Balaban J connectivity index is 2.28. The number of aromatic nitrogens is 2. The molecular weight excluding hydrogens is 346 g/mol. The Labute approximate surface area is 127 Å². The number of sulfone groups is 1. The molecule has 0 radical (unpaired) electrons. The summed E-state index contributed by atoms with van der Waals surface area (Å²) >= 11 is 3.41. The molecule has 1 fully saturated rings. The normalized spacial score (nSPS) is 23.6.